The molecule has 0 aliphatic heterocycles. The van der Waals surface area contributed by atoms with E-state index in [1.54, 1.807) is 12.4 Å². The molecule has 4 heteroatoms. The van der Waals surface area contributed by atoms with Crippen molar-refractivity contribution in [3.8, 4) is 0 Å². The van der Waals surface area contributed by atoms with Gasteiger partial charge in [-0.05, 0) is 37.9 Å². The molecule has 0 saturated heterocycles. The zero-order chi connectivity index (χ0) is 12.0. The van der Waals surface area contributed by atoms with Crippen LogP contribution in [0.2, 0.25) is 0 Å². The van der Waals surface area contributed by atoms with E-state index in [4.69, 9.17) is 5.73 Å². The minimum Gasteiger partial charge on any atom is -0.349 e. The second-order valence-electron chi connectivity index (χ2n) is 3.91. The van der Waals surface area contributed by atoms with E-state index >= 15 is 0 Å². The molecule has 1 atom stereocenters. The van der Waals surface area contributed by atoms with Crippen LogP contribution in [0.4, 0.5) is 0 Å². The van der Waals surface area contributed by atoms with Crippen molar-refractivity contribution in [3.63, 3.8) is 0 Å². The van der Waals surface area contributed by atoms with Crippen LogP contribution < -0.4 is 11.1 Å². The van der Waals surface area contributed by atoms with E-state index in [-0.39, 0.29) is 11.9 Å². The van der Waals surface area contributed by atoms with Gasteiger partial charge in [-0.2, -0.15) is 0 Å². The summed E-state index contributed by atoms with van der Waals surface area (Å²) >= 11 is 0. The highest BCUT2D eigenvalue weighted by Crippen LogP contribution is 2.03. The van der Waals surface area contributed by atoms with Crippen LogP contribution in [0.5, 0.6) is 0 Å². The van der Waals surface area contributed by atoms with Crippen molar-refractivity contribution in [3.05, 3.63) is 29.6 Å². The third kappa shape index (κ3) is 3.62. The molecular weight excluding hydrogens is 202 g/mol. The Morgan fingerprint density at radius 1 is 1.56 bits per heavy atom. The fraction of sp³-hybridized carbons (Fsp3) is 0.500. The lowest BCUT2D eigenvalue weighted by molar-refractivity contribution is 0.0934. The second kappa shape index (κ2) is 6.23. The largest absolute Gasteiger partial charge is 0.349 e. The molecule has 1 rings (SSSR count). The van der Waals surface area contributed by atoms with Crippen molar-refractivity contribution in [2.75, 3.05) is 6.54 Å². The first-order chi connectivity index (χ1) is 7.67. The van der Waals surface area contributed by atoms with Gasteiger partial charge in [-0.15, -0.1) is 0 Å². The Kier molecular flexibility index (Phi) is 4.92. The van der Waals surface area contributed by atoms with Crippen molar-refractivity contribution in [2.24, 2.45) is 5.73 Å². The van der Waals surface area contributed by atoms with Gasteiger partial charge in [0.05, 0.1) is 5.56 Å². The number of nitrogens with one attached hydrogen (secondary N) is 1. The topological polar surface area (TPSA) is 68.0 Å². The fourth-order valence-electron chi connectivity index (χ4n) is 1.53. The molecule has 0 aliphatic carbocycles. The van der Waals surface area contributed by atoms with Gasteiger partial charge in [-0.1, -0.05) is 6.92 Å². The molecule has 0 aliphatic rings. The molecule has 3 N–H and O–H groups in total. The number of aromatic nitrogens is 1. The SMILES string of the molecule is CCC(CCN)NC(=O)c1cncc(C)c1. The van der Waals surface area contributed by atoms with Crippen LogP contribution in [-0.2, 0) is 0 Å². The number of amides is 1. The van der Waals surface area contributed by atoms with Crippen molar-refractivity contribution in [1.29, 1.82) is 0 Å². The van der Waals surface area contributed by atoms with E-state index in [0.29, 0.717) is 12.1 Å². The van der Waals surface area contributed by atoms with Crippen molar-refractivity contribution in [1.82, 2.24) is 10.3 Å². The lowest BCUT2D eigenvalue weighted by atomic mass is 10.1. The molecule has 0 fully saturated rings. The summed E-state index contributed by atoms with van der Waals surface area (Å²) in [6.45, 7) is 4.54. The highest BCUT2D eigenvalue weighted by molar-refractivity contribution is 5.94. The molecule has 0 spiro atoms. The van der Waals surface area contributed by atoms with Gasteiger partial charge in [0.1, 0.15) is 0 Å². The Hall–Kier alpha value is -1.42. The zero-order valence-corrected chi connectivity index (χ0v) is 9.86. The first-order valence-corrected chi connectivity index (χ1v) is 5.60. The fourth-order valence-corrected chi connectivity index (χ4v) is 1.53. The molecule has 1 unspecified atom stereocenters. The number of nitrogens with zero attached hydrogens (tertiary/aromatic N) is 1. The lowest BCUT2D eigenvalue weighted by Gasteiger charge is -2.15. The molecule has 1 aromatic heterocycles. The first-order valence-electron chi connectivity index (χ1n) is 5.60. The minimum atomic E-state index is -0.0727. The first kappa shape index (κ1) is 12.6. The molecule has 4 nitrogen and oxygen atoms in total. The molecule has 0 bridgehead atoms. The molecule has 0 aromatic carbocycles. The lowest BCUT2D eigenvalue weighted by Crippen LogP contribution is -2.35. The Bertz CT molecular complexity index is 352. The van der Waals surface area contributed by atoms with E-state index in [9.17, 15) is 4.79 Å². The van der Waals surface area contributed by atoms with Gasteiger partial charge in [0.15, 0.2) is 0 Å². The number of carbonyl (C=O) groups is 1. The highest BCUT2D eigenvalue weighted by atomic mass is 16.1. The monoisotopic (exact) mass is 221 g/mol. The predicted octanol–water partition coefficient (Wildman–Crippen LogP) is 1.25. The highest BCUT2D eigenvalue weighted by Gasteiger charge is 2.11. The summed E-state index contributed by atoms with van der Waals surface area (Å²) in [5, 5.41) is 2.95. The van der Waals surface area contributed by atoms with Gasteiger partial charge in [0, 0.05) is 18.4 Å². The average Bonchev–Trinajstić information content (AvgIpc) is 2.28. The van der Waals surface area contributed by atoms with Crippen LogP contribution in [-0.4, -0.2) is 23.5 Å². The third-order valence-electron chi connectivity index (χ3n) is 2.48. The molecule has 1 amide bonds. The van der Waals surface area contributed by atoms with E-state index in [2.05, 4.69) is 10.3 Å². The Morgan fingerprint density at radius 2 is 2.31 bits per heavy atom. The molecule has 0 saturated carbocycles. The molecule has 0 radical (unpaired) electrons. The van der Waals surface area contributed by atoms with Crippen LogP contribution >= 0.6 is 0 Å². The number of rotatable bonds is 5. The average molecular weight is 221 g/mol. The summed E-state index contributed by atoms with van der Waals surface area (Å²) < 4.78 is 0. The van der Waals surface area contributed by atoms with Gasteiger partial charge in [-0.25, -0.2) is 0 Å². The Balaban J connectivity index is 2.64. The van der Waals surface area contributed by atoms with Crippen molar-refractivity contribution in [2.45, 2.75) is 32.7 Å². The van der Waals surface area contributed by atoms with Crippen LogP contribution in [0.25, 0.3) is 0 Å². The second-order valence-corrected chi connectivity index (χ2v) is 3.91. The zero-order valence-electron chi connectivity index (χ0n) is 9.86. The molecule has 1 aromatic rings. The Labute approximate surface area is 96.3 Å². The van der Waals surface area contributed by atoms with Gasteiger partial charge < -0.3 is 11.1 Å². The van der Waals surface area contributed by atoms with Crippen LogP contribution in [0.3, 0.4) is 0 Å². The smallest absolute Gasteiger partial charge is 0.253 e. The number of pyridine rings is 1. The summed E-state index contributed by atoms with van der Waals surface area (Å²) in [6, 6.07) is 1.98. The maximum absolute atomic E-state index is 11.8. The quantitative estimate of drug-likeness (QED) is 0.786. The predicted molar refractivity (Wildman–Crippen MR) is 64.2 cm³/mol. The van der Waals surface area contributed by atoms with Gasteiger partial charge in [0.2, 0.25) is 0 Å². The van der Waals surface area contributed by atoms with E-state index in [1.165, 1.54) is 0 Å². The van der Waals surface area contributed by atoms with Crippen molar-refractivity contribution >= 4 is 5.91 Å². The van der Waals surface area contributed by atoms with Gasteiger partial charge in [-0.3, -0.25) is 9.78 Å². The summed E-state index contributed by atoms with van der Waals surface area (Å²) in [7, 11) is 0. The maximum atomic E-state index is 11.8. The summed E-state index contributed by atoms with van der Waals surface area (Å²) in [6.07, 6.45) is 5.01. The van der Waals surface area contributed by atoms with E-state index < -0.39 is 0 Å². The van der Waals surface area contributed by atoms with E-state index in [1.807, 2.05) is 19.9 Å². The molecule has 16 heavy (non-hydrogen) atoms. The van der Waals surface area contributed by atoms with Gasteiger partial charge >= 0.3 is 0 Å². The number of carbonyl (C=O) groups excluding carboxylic acids is 1. The van der Waals surface area contributed by atoms with Crippen LogP contribution in [0.15, 0.2) is 18.5 Å². The molecule has 88 valence electrons. The number of aryl methyl sites for hydroxylation is 1. The Morgan fingerprint density at radius 3 is 2.88 bits per heavy atom. The minimum absolute atomic E-state index is 0.0727. The number of hydrogen-bond donors (Lipinski definition) is 2. The normalized spacial score (nSPS) is 12.2. The van der Waals surface area contributed by atoms with Crippen molar-refractivity contribution < 1.29 is 4.79 Å². The molecule has 1 heterocycles. The van der Waals surface area contributed by atoms with Crippen LogP contribution in [0, 0.1) is 6.92 Å². The summed E-state index contributed by atoms with van der Waals surface area (Å²) in [5.41, 5.74) is 7.07. The standard InChI is InChI=1S/C12H19N3O/c1-3-11(4-5-13)15-12(16)10-6-9(2)7-14-8-10/h6-8,11H,3-5,13H2,1-2H3,(H,15,16). The van der Waals surface area contributed by atoms with Crippen LogP contribution in [0.1, 0.15) is 35.7 Å². The maximum Gasteiger partial charge on any atom is 0.253 e. The number of hydrogen-bond acceptors (Lipinski definition) is 3. The van der Waals surface area contributed by atoms with Gasteiger partial charge in [0.25, 0.3) is 5.91 Å². The summed E-state index contributed by atoms with van der Waals surface area (Å²) in [5.74, 6) is -0.0727. The summed E-state index contributed by atoms with van der Waals surface area (Å²) in [4.78, 5) is 15.8. The third-order valence-corrected chi connectivity index (χ3v) is 2.48. The van der Waals surface area contributed by atoms with E-state index in [0.717, 1.165) is 18.4 Å². The molecular formula is C12H19N3O. The number of nitrogens with two attached hydrogens (primary N) is 1.